The van der Waals surface area contributed by atoms with Crippen LogP contribution in [0.25, 0.3) is 0 Å². The molecule has 5 heteroatoms. The average Bonchev–Trinajstić information content (AvgIpc) is 2.46. The number of hydrogen-bond acceptors (Lipinski definition) is 5. The summed E-state index contributed by atoms with van der Waals surface area (Å²) in [7, 11) is 1.42. The van der Waals surface area contributed by atoms with Crippen molar-refractivity contribution < 1.29 is 9.53 Å². The van der Waals surface area contributed by atoms with Gasteiger partial charge in [-0.3, -0.25) is 4.79 Å². The van der Waals surface area contributed by atoms with E-state index < -0.39 is 0 Å². The SMILES string of the molecule is COC(=O)C1CCCN(c2ccc(C#N)cn2)C1. The second kappa shape index (κ2) is 5.50. The maximum atomic E-state index is 11.5. The van der Waals surface area contributed by atoms with Crippen LogP contribution in [0.3, 0.4) is 0 Å². The number of carbonyl (C=O) groups excluding carboxylic acids is 1. The van der Waals surface area contributed by atoms with Crippen LogP contribution in [0.5, 0.6) is 0 Å². The molecule has 1 fully saturated rings. The first-order valence-electron chi connectivity index (χ1n) is 5.93. The first-order chi connectivity index (χ1) is 8.74. The molecule has 0 radical (unpaired) electrons. The van der Waals surface area contributed by atoms with E-state index in [4.69, 9.17) is 10.00 Å². The van der Waals surface area contributed by atoms with Crippen LogP contribution in [0.1, 0.15) is 18.4 Å². The molecule has 18 heavy (non-hydrogen) atoms. The zero-order valence-corrected chi connectivity index (χ0v) is 10.3. The standard InChI is InChI=1S/C13H15N3O2/c1-18-13(17)11-3-2-6-16(9-11)12-5-4-10(7-14)8-15-12/h4-5,8,11H,2-3,6,9H2,1H3. The molecule has 2 rings (SSSR count). The van der Waals surface area contributed by atoms with Crippen molar-refractivity contribution in [2.24, 2.45) is 5.92 Å². The zero-order valence-electron chi connectivity index (χ0n) is 10.3. The lowest BCUT2D eigenvalue weighted by molar-refractivity contribution is -0.145. The molecular formula is C13H15N3O2. The molecule has 5 nitrogen and oxygen atoms in total. The molecule has 1 atom stereocenters. The number of hydrogen-bond donors (Lipinski definition) is 0. The predicted octanol–water partition coefficient (Wildman–Crippen LogP) is 1.34. The number of nitriles is 1. The van der Waals surface area contributed by atoms with Crippen molar-refractivity contribution in [3.05, 3.63) is 23.9 Å². The Morgan fingerprint density at radius 1 is 1.61 bits per heavy atom. The number of methoxy groups -OCH3 is 1. The highest BCUT2D eigenvalue weighted by molar-refractivity contribution is 5.73. The summed E-state index contributed by atoms with van der Waals surface area (Å²) in [6.07, 6.45) is 3.36. The van der Waals surface area contributed by atoms with Gasteiger partial charge in [0, 0.05) is 19.3 Å². The van der Waals surface area contributed by atoms with Crippen molar-refractivity contribution in [3.8, 4) is 6.07 Å². The molecule has 2 heterocycles. The van der Waals surface area contributed by atoms with Gasteiger partial charge in [-0.15, -0.1) is 0 Å². The smallest absolute Gasteiger partial charge is 0.310 e. The lowest BCUT2D eigenvalue weighted by atomic mass is 9.98. The quantitative estimate of drug-likeness (QED) is 0.736. The molecule has 1 aliphatic rings. The Labute approximate surface area is 106 Å². The fraction of sp³-hybridized carbons (Fsp3) is 0.462. The number of nitrogens with zero attached hydrogens (tertiary/aromatic N) is 3. The zero-order chi connectivity index (χ0) is 13.0. The molecule has 0 spiro atoms. The summed E-state index contributed by atoms with van der Waals surface area (Å²) in [5.74, 6) is 0.567. The summed E-state index contributed by atoms with van der Waals surface area (Å²) in [6.45, 7) is 1.51. The van der Waals surface area contributed by atoms with Crippen molar-refractivity contribution in [3.63, 3.8) is 0 Å². The topological polar surface area (TPSA) is 66.2 Å². The molecule has 0 aromatic carbocycles. The fourth-order valence-corrected chi connectivity index (χ4v) is 2.18. The predicted molar refractivity (Wildman–Crippen MR) is 65.9 cm³/mol. The van der Waals surface area contributed by atoms with E-state index in [2.05, 4.69) is 9.88 Å². The summed E-state index contributed by atoms with van der Waals surface area (Å²) in [6, 6.07) is 5.60. The Bertz CT molecular complexity index is 464. The van der Waals surface area contributed by atoms with E-state index in [-0.39, 0.29) is 11.9 Å². The number of pyridine rings is 1. The average molecular weight is 245 g/mol. The van der Waals surface area contributed by atoms with Crippen LogP contribution in [-0.4, -0.2) is 31.2 Å². The highest BCUT2D eigenvalue weighted by Gasteiger charge is 2.26. The second-order valence-electron chi connectivity index (χ2n) is 4.33. The molecule has 1 saturated heterocycles. The second-order valence-corrected chi connectivity index (χ2v) is 4.33. The lowest BCUT2D eigenvalue weighted by Gasteiger charge is -2.32. The molecular weight excluding hydrogens is 230 g/mol. The van der Waals surface area contributed by atoms with E-state index in [1.54, 1.807) is 12.3 Å². The van der Waals surface area contributed by atoms with Crippen LogP contribution < -0.4 is 4.90 Å². The Hall–Kier alpha value is -2.09. The molecule has 1 unspecified atom stereocenters. The Balaban J connectivity index is 2.08. The molecule has 0 N–H and O–H groups in total. The number of ether oxygens (including phenoxy) is 1. The van der Waals surface area contributed by atoms with E-state index in [1.165, 1.54) is 7.11 Å². The number of aromatic nitrogens is 1. The van der Waals surface area contributed by atoms with Crippen LogP contribution in [0.2, 0.25) is 0 Å². The van der Waals surface area contributed by atoms with Gasteiger partial charge in [-0.05, 0) is 25.0 Å². The van der Waals surface area contributed by atoms with Gasteiger partial charge in [0.15, 0.2) is 0 Å². The molecule has 0 aliphatic carbocycles. The minimum Gasteiger partial charge on any atom is -0.469 e. The third kappa shape index (κ3) is 2.59. The largest absolute Gasteiger partial charge is 0.469 e. The monoisotopic (exact) mass is 245 g/mol. The fourth-order valence-electron chi connectivity index (χ4n) is 2.18. The molecule has 0 amide bonds. The van der Waals surface area contributed by atoms with Gasteiger partial charge >= 0.3 is 5.97 Å². The molecule has 0 bridgehead atoms. The van der Waals surface area contributed by atoms with Crippen molar-refractivity contribution in [1.29, 1.82) is 5.26 Å². The van der Waals surface area contributed by atoms with Crippen molar-refractivity contribution >= 4 is 11.8 Å². The van der Waals surface area contributed by atoms with Crippen LogP contribution >= 0.6 is 0 Å². The van der Waals surface area contributed by atoms with Crippen molar-refractivity contribution in [2.45, 2.75) is 12.8 Å². The Morgan fingerprint density at radius 3 is 3.06 bits per heavy atom. The normalized spacial score (nSPS) is 19.1. The molecule has 1 aromatic heterocycles. The molecule has 94 valence electrons. The third-order valence-corrected chi connectivity index (χ3v) is 3.16. The Kier molecular flexibility index (Phi) is 3.78. The van der Waals surface area contributed by atoms with Gasteiger partial charge in [0.2, 0.25) is 0 Å². The van der Waals surface area contributed by atoms with Crippen molar-refractivity contribution in [2.75, 3.05) is 25.1 Å². The summed E-state index contributed by atoms with van der Waals surface area (Å²) < 4.78 is 4.78. The first-order valence-corrected chi connectivity index (χ1v) is 5.93. The van der Waals surface area contributed by atoms with Gasteiger partial charge in [-0.25, -0.2) is 4.98 Å². The van der Waals surface area contributed by atoms with Crippen LogP contribution in [0.15, 0.2) is 18.3 Å². The van der Waals surface area contributed by atoms with Gasteiger partial charge < -0.3 is 9.64 Å². The van der Waals surface area contributed by atoms with Crippen LogP contribution in [-0.2, 0) is 9.53 Å². The van der Waals surface area contributed by atoms with Crippen LogP contribution in [0, 0.1) is 17.2 Å². The summed E-state index contributed by atoms with van der Waals surface area (Å²) in [5, 5.41) is 8.72. The summed E-state index contributed by atoms with van der Waals surface area (Å²) >= 11 is 0. The van der Waals surface area contributed by atoms with Gasteiger partial charge in [0.05, 0.1) is 18.6 Å². The number of rotatable bonds is 2. The number of anilines is 1. The van der Waals surface area contributed by atoms with Gasteiger partial charge in [-0.2, -0.15) is 5.26 Å². The lowest BCUT2D eigenvalue weighted by Crippen LogP contribution is -2.39. The van der Waals surface area contributed by atoms with Crippen molar-refractivity contribution in [1.82, 2.24) is 4.98 Å². The molecule has 1 aliphatic heterocycles. The van der Waals surface area contributed by atoms with Gasteiger partial charge in [0.25, 0.3) is 0 Å². The molecule has 1 aromatic rings. The summed E-state index contributed by atoms with van der Waals surface area (Å²) in [4.78, 5) is 17.8. The first kappa shape index (κ1) is 12.4. The third-order valence-electron chi connectivity index (χ3n) is 3.16. The van der Waals surface area contributed by atoms with Gasteiger partial charge in [0.1, 0.15) is 11.9 Å². The minimum atomic E-state index is -0.159. The summed E-state index contributed by atoms with van der Waals surface area (Å²) in [5.41, 5.74) is 0.542. The number of piperidine rings is 1. The van der Waals surface area contributed by atoms with E-state index in [9.17, 15) is 4.79 Å². The molecule has 0 saturated carbocycles. The van der Waals surface area contributed by atoms with Gasteiger partial charge in [-0.1, -0.05) is 0 Å². The van der Waals surface area contributed by atoms with E-state index >= 15 is 0 Å². The van der Waals surface area contributed by atoms with Crippen LogP contribution in [0.4, 0.5) is 5.82 Å². The minimum absolute atomic E-state index is 0.0822. The number of carbonyl (C=O) groups is 1. The maximum absolute atomic E-state index is 11.5. The highest BCUT2D eigenvalue weighted by atomic mass is 16.5. The van der Waals surface area contributed by atoms with E-state index in [1.807, 2.05) is 12.1 Å². The number of esters is 1. The van der Waals surface area contributed by atoms with E-state index in [0.717, 1.165) is 25.2 Å². The van der Waals surface area contributed by atoms with E-state index in [0.29, 0.717) is 12.1 Å². The Morgan fingerprint density at radius 2 is 2.44 bits per heavy atom. The highest BCUT2D eigenvalue weighted by Crippen LogP contribution is 2.22. The maximum Gasteiger partial charge on any atom is 0.310 e.